The van der Waals surface area contributed by atoms with Crippen molar-refractivity contribution in [2.45, 2.75) is 6.92 Å². The minimum absolute atomic E-state index is 0.315. The summed E-state index contributed by atoms with van der Waals surface area (Å²) in [5.41, 5.74) is 1.11. The van der Waals surface area contributed by atoms with Crippen molar-refractivity contribution in [1.29, 1.82) is 0 Å². The van der Waals surface area contributed by atoms with Gasteiger partial charge in [-0.05, 0) is 31.2 Å². The maximum Gasteiger partial charge on any atom is 0.275 e. The lowest BCUT2D eigenvalue weighted by atomic mass is 10.2. The van der Waals surface area contributed by atoms with E-state index in [0.29, 0.717) is 34.8 Å². The number of hydrogen-bond acceptors (Lipinski definition) is 8. The zero-order valence-corrected chi connectivity index (χ0v) is 15.6. The number of thiazole rings is 1. The number of amides is 1. The number of aromatic nitrogens is 6. The zero-order chi connectivity index (χ0) is 19.3. The highest BCUT2D eigenvalue weighted by Crippen LogP contribution is 2.38. The molecule has 0 aromatic carbocycles. The molecule has 0 saturated heterocycles. The molecule has 2 N–H and O–H groups in total. The summed E-state index contributed by atoms with van der Waals surface area (Å²) in [6.07, 6.45) is 4.61. The monoisotopic (exact) mass is 393 g/mol. The highest BCUT2D eigenvalue weighted by atomic mass is 32.1. The van der Waals surface area contributed by atoms with Gasteiger partial charge in [0, 0.05) is 18.0 Å². The normalized spacial score (nSPS) is 10.6. The number of carbonyl (C=O) groups excluding carboxylic acids is 1. The zero-order valence-electron chi connectivity index (χ0n) is 14.8. The van der Waals surface area contributed by atoms with E-state index in [9.17, 15) is 4.79 Å². The molecule has 0 fully saturated rings. The fourth-order valence-electron chi connectivity index (χ4n) is 2.44. The van der Waals surface area contributed by atoms with Gasteiger partial charge in [-0.25, -0.2) is 15.0 Å². The van der Waals surface area contributed by atoms with E-state index in [1.807, 2.05) is 13.0 Å². The fourth-order valence-corrected chi connectivity index (χ4v) is 3.39. The van der Waals surface area contributed by atoms with Gasteiger partial charge in [0.2, 0.25) is 5.88 Å². The summed E-state index contributed by atoms with van der Waals surface area (Å²) in [7, 11) is 0. The van der Waals surface area contributed by atoms with Crippen LogP contribution in [0.2, 0.25) is 0 Å². The van der Waals surface area contributed by atoms with Crippen molar-refractivity contribution < 1.29 is 9.53 Å². The van der Waals surface area contributed by atoms with Crippen LogP contribution < -0.4 is 10.1 Å². The van der Waals surface area contributed by atoms with Gasteiger partial charge in [-0.15, -0.1) is 11.3 Å². The number of rotatable bonds is 6. The van der Waals surface area contributed by atoms with Gasteiger partial charge in [0.05, 0.1) is 6.61 Å². The van der Waals surface area contributed by atoms with Crippen LogP contribution in [0.15, 0.2) is 49.1 Å². The molecule has 9 nitrogen and oxygen atoms in total. The van der Waals surface area contributed by atoms with Gasteiger partial charge in [0.25, 0.3) is 5.91 Å². The molecule has 4 heterocycles. The van der Waals surface area contributed by atoms with E-state index in [1.165, 1.54) is 17.7 Å². The fraction of sp³-hybridized carbons (Fsp3) is 0.111. The van der Waals surface area contributed by atoms with Gasteiger partial charge < -0.3 is 10.1 Å². The average Bonchev–Trinajstić information content (AvgIpc) is 3.39. The van der Waals surface area contributed by atoms with E-state index in [4.69, 9.17) is 4.74 Å². The number of aromatic amines is 1. The molecule has 0 aliphatic heterocycles. The summed E-state index contributed by atoms with van der Waals surface area (Å²) in [6.45, 7) is 2.37. The number of carbonyl (C=O) groups is 1. The second kappa shape index (κ2) is 7.92. The van der Waals surface area contributed by atoms with Gasteiger partial charge >= 0.3 is 0 Å². The Labute approximate surface area is 163 Å². The topological polar surface area (TPSA) is 119 Å². The van der Waals surface area contributed by atoms with E-state index in [0.717, 1.165) is 10.4 Å². The van der Waals surface area contributed by atoms with E-state index < -0.39 is 0 Å². The number of ether oxygens (including phenoxy) is 1. The second-order valence-corrected chi connectivity index (χ2v) is 6.52. The van der Waals surface area contributed by atoms with Crippen LogP contribution in [-0.4, -0.2) is 42.6 Å². The minimum atomic E-state index is -0.332. The second-order valence-electron chi connectivity index (χ2n) is 5.52. The molecule has 0 aliphatic carbocycles. The Kier molecular flexibility index (Phi) is 5.02. The average molecular weight is 393 g/mol. The van der Waals surface area contributed by atoms with Crippen LogP contribution in [0.4, 0.5) is 5.82 Å². The Balaban J connectivity index is 1.62. The number of pyridine rings is 2. The van der Waals surface area contributed by atoms with Crippen molar-refractivity contribution in [3.63, 3.8) is 0 Å². The summed E-state index contributed by atoms with van der Waals surface area (Å²) in [5, 5.41) is 10.2. The molecular formula is C18H15N7O2S. The first kappa shape index (κ1) is 17.7. The van der Waals surface area contributed by atoms with Gasteiger partial charge in [-0.3, -0.25) is 14.9 Å². The Bertz CT molecular complexity index is 1080. The molecule has 0 spiro atoms. The third-order valence-electron chi connectivity index (χ3n) is 3.65. The summed E-state index contributed by atoms with van der Waals surface area (Å²) in [4.78, 5) is 30.0. The molecule has 0 radical (unpaired) electrons. The molecule has 140 valence electrons. The van der Waals surface area contributed by atoms with E-state index in [1.54, 1.807) is 36.7 Å². The highest BCUT2D eigenvalue weighted by Gasteiger charge is 2.18. The number of hydrogen-bond donors (Lipinski definition) is 2. The SMILES string of the molecule is CCOc1nc(-c2ccnc(NC(=O)c3ccccn3)c2)sc1-c1ncn[nH]1. The van der Waals surface area contributed by atoms with Crippen LogP contribution in [0.3, 0.4) is 0 Å². The minimum Gasteiger partial charge on any atom is -0.477 e. The van der Waals surface area contributed by atoms with Crippen LogP contribution in [-0.2, 0) is 0 Å². The lowest BCUT2D eigenvalue weighted by Crippen LogP contribution is -2.14. The molecule has 1 amide bonds. The van der Waals surface area contributed by atoms with Gasteiger partial charge in [0.15, 0.2) is 5.82 Å². The van der Waals surface area contributed by atoms with Crippen LogP contribution in [0.25, 0.3) is 21.3 Å². The summed E-state index contributed by atoms with van der Waals surface area (Å²) in [5.74, 6) is 1.14. The lowest BCUT2D eigenvalue weighted by Gasteiger charge is -2.05. The Hall–Kier alpha value is -3.66. The van der Waals surface area contributed by atoms with Crippen molar-refractivity contribution in [2.75, 3.05) is 11.9 Å². The molecule has 0 atom stereocenters. The van der Waals surface area contributed by atoms with Gasteiger partial charge in [-0.1, -0.05) is 6.07 Å². The molecule has 4 aromatic heterocycles. The van der Waals surface area contributed by atoms with Crippen molar-refractivity contribution in [3.8, 4) is 27.2 Å². The number of nitrogens with zero attached hydrogens (tertiary/aromatic N) is 5. The third kappa shape index (κ3) is 3.71. The summed E-state index contributed by atoms with van der Waals surface area (Å²) < 4.78 is 5.63. The predicted molar refractivity (Wildman–Crippen MR) is 104 cm³/mol. The first-order valence-electron chi connectivity index (χ1n) is 8.42. The molecule has 4 aromatic rings. The maximum absolute atomic E-state index is 12.3. The first-order valence-corrected chi connectivity index (χ1v) is 9.24. The van der Waals surface area contributed by atoms with Crippen LogP contribution >= 0.6 is 11.3 Å². The van der Waals surface area contributed by atoms with Gasteiger partial charge in [0.1, 0.15) is 27.7 Å². The van der Waals surface area contributed by atoms with Gasteiger partial charge in [-0.2, -0.15) is 5.10 Å². The van der Waals surface area contributed by atoms with E-state index in [-0.39, 0.29) is 5.91 Å². The van der Waals surface area contributed by atoms with Crippen molar-refractivity contribution in [2.24, 2.45) is 0 Å². The van der Waals surface area contributed by atoms with Crippen molar-refractivity contribution in [1.82, 2.24) is 30.1 Å². The smallest absolute Gasteiger partial charge is 0.275 e. The molecular weight excluding hydrogens is 378 g/mol. The van der Waals surface area contributed by atoms with Crippen LogP contribution in [0.5, 0.6) is 5.88 Å². The standard InChI is InChI=1S/C18H15N7O2S/c1-2-27-17-14(15-21-10-22-25-15)28-18(24-17)11-6-8-20-13(9-11)23-16(26)12-5-3-4-7-19-12/h3-10H,2H2,1H3,(H,20,23,26)(H,21,22,25). The maximum atomic E-state index is 12.3. The molecule has 10 heteroatoms. The number of anilines is 1. The quantitative estimate of drug-likeness (QED) is 0.517. The summed E-state index contributed by atoms with van der Waals surface area (Å²) >= 11 is 1.41. The largest absolute Gasteiger partial charge is 0.477 e. The Morgan fingerprint density at radius 2 is 2.14 bits per heavy atom. The van der Waals surface area contributed by atoms with E-state index in [2.05, 4.69) is 35.5 Å². The van der Waals surface area contributed by atoms with Crippen molar-refractivity contribution >= 4 is 23.1 Å². The number of nitrogens with one attached hydrogen (secondary N) is 2. The van der Waals surface area contributed by atoms with Crippen LogP contribution in [0, 0.1) is 0 Å². The lowest BCUT2D eigenvalue weighted by molar-refractivity contribution is 0.102. The Morgan fingerprint density at radius 3 is 2.89 bits per heavy atom. The Morgan fingerprint density at radius 1 is 1.21 bits per heavy atom. The molecule has 0 aliphatic rings. The van der Waals surface area contributed by atoms with Crippen LogP contribution in [0.1, 0.15) is 17.4 Å². The predicted octanol–water partition coefficient (Wildman–Crippen LogP) is 3.04. The molecule has 0 unspecified atom stereocenters. The van der Waals surface area contributed by atoms with E-state index >= 15 is 0 Å². The van der Waals surface area contributed by atoms with Crippen molar-refractivity contribution in [3.05, 3.63) is 54.7 Å². The highest BCUT2D eigenvalue weighted by molar-refractivity contribution is 7.18. The molecule has 0 bridgehead atoms. The molecule has 0 saturated carbocycles. The molecule has 28 heavy (non-hydrogen) atoms. The third-order valence-corrected chi connectivity index (χ3v) is 4.75. The first-order chi connectivity index (χ1) is 13.7. The number of H-pyrrole nitrogens is 1. The summed E-state index contributed by atoms with van der Waals surface area (Å²) in [6, 6.07) is 8.70. The molecule has 4 rings (SSSR count).